The topological polar surface area (TPSA) is 103 Å². The fourth-order valence-corrected chi connectivity index (χ4v) is 4.74. The van der Waals surface area contributed by atoms with Crippen LogP contribution in [-0.2, 0) is 21.3 Å². The highest BCUT2D eigenvalue weighted by Gasteiger charge is 2.30. The van der Waals surface area contributed by atoms with Crippen LogP contribution < -0.4 is 19.5 Å². The third kappa shape index (κ3) is 4.95. The summed E-state index contributed by atoms with van der Waals surface area (Å²) in [5.41, 5.74) is 0.479. The molecular weight excluding hydrogens is 443 g/mol. The molecule has 0 aromatic heterocycles. The zero-order chi connectivity index (χ0) is 23.3. The molecule has 1 N–H and O–H groups in total. The molecule has 0 radical (unpaired) electrons. The zero-order valence-corrected chi connectivity index (χ0v) is 18.8. The highest BCUT2D eigenvalue weighted by molar-refractivity contribution is 7.89. The third-order valence-electron chi connectivity index (χ3n) is 4.97. The van der Waals surface area contributed by atoms with Crippen molar-refractivity contribution in [3.05, 3.63) is 47.3 Å². The fraction of sp³-hybridized carbons (Fsp3) is 0.381. The van der Waals surface area contributed by atoms with E-state index in [1.807, 2.05) is 0 Å². The molecule has 2 aromatic carbocycles. The van der Waals surface area contributed by atoms with Crippen molar-refractivity contribution in [3.8, 4) is 17.2 Å². The predicted molar refractivity (Wildman–Crippen MR) is 113 cm³/mol. The average Bonchev–Trinajstić information content (AvgIpc) is 2.82. The van der Waals surface area contributed by atoms with Crippen molar-refractivity contribution in [3.63, 3.8) is 0 Å². The second-order valence-electron chi connectivity index (χ2n) is 6.87. The summed E-state index contributed by atoms with van der Waals surface area (Å²) >= 11 is 0. The van der Waals surface area contributed by atoms with Gasteiger partial charge in [0.1, 0.15) is 0 Å². The maximum Gasteiger partial charge on any atom is 0.255 e. The first-order valence-corrected chi connectivity index (χ1v) is 11.2. The van der Waals surface area contributed by atoms with Crippen LogP contribution in [0.3, 0.4) is 0 Å². The quantitative estimate of drug-likeness (QED) is 0.630. The summed E-state index contributed by atoms with van der Waals surface area (Å²) in [4.78, 5) is 12.8. The number of ether oxygens (including phenoxy) is 4. The van der Waals surface area contributed by atoms with Gasteiger partial charge in [0, 0.05) is 25.7 Å². The molecular formula is C21H25FN2O7S. The van der Waals surface area contributed by atoms with Crippen LogP contribution in [0.2, 0.25) is 0 Å². The number of methoxy groups -OCH3 is 3. The van der Waals surface area contributed by atoms with Gasteiger partial charge in [-0.25, -0.2) is 12.8 Å². The molecule has 3 rings (SSSR count). The Morgan fingerprint density at radius 2 is 1.75 bits per heavy atom. The standard InChI is InChI=1S/C21H25FN2O7S/c1-28-18-5-4-14(10-17(18)22)13-23-21(25)16-11-15(12-19(29-2)20(16)30-3)32(26,27)24-6-8-31-9-7-24/h4-5,10-12H,6-9,13H2,1-3H3,(H,23,25). The lowest BCUT2D eigenvalue weighted by Gasteiger charge is -2.26. The van der Waals surface area contributed by atoms with Gasteiger partial charge < -0.3 is 24.3 Å². The van der Waals surface area contributed by atoms with Crippen molar-refractivity contribution in [2.75, 3.05) is 47.6 Å². The van der Waals surface area contributed by atoms with E-state index in [-0.39, 0.29) is 60.6 Å². The SMILES string of the molecule is COc1ccc(CNC(=O)c2cc(S(=O)(=O)N3CCOCC3)cc(OC)c2OC)cc1F. The van der Waals surface area contributed by atoms with Crippen LogP contribution >= 0.6 is 0 Å². The molecule has 0 aliphatic carbocycles. The van der Waals surface area contributed by atoms with Crippen molar-refractivity contribution < 1.29 is 36.6 Å². The number of carbonyl (C=O) groups is 1. The molecule has 0 saturated carbocycles. The van der Waals surface area contributed by atoms with E-state index in [9.17, 15) is 17.6 Å². The lowest BCUT2D eigenvalue weighted by atomic mass is 10.1. The molecule has 1 fully saturated rings. The first-order chi connectivity index (χ1) is 15.3. The van der Waals surface area contributed by atoms with Gasteiger partial charge in [0.2, 0.25) is 10.0 Å². The Morgan fingerprint density at radius 3 is 2.34 bits per heavy atom. The Kier molecular flexibility index (Phi) is 7.54. The molecule has 0 spiro atoms. The fourth-order valence-electron chi connectivity index (χ4n) is 3.29. The first kappa shape index (κ1) is 23.8. The van der Waals surface area contributed by atoms with E-state index < -0.39 is 21.7 Å². The molecule has 2 aromatic rings. The van der Waals surface area contributed by atoms with E-state index in [1.54, 1.807) is 6.07 Å². The van der Waals surface area contributed by atoms with Crippen LogP contribution in [0.4, 0.5) is 4.39 Å². The van der Waals surface area contributed by atoms with Crippen LogP contribution in [0.5, 0.6) is 17.2 Å². The second-order valence-corrected chi connectivity index (χ2v) is 8.81. The Balaban J connectivity index is 1.91. The number of nitrogens with zero attached hydrogens (tertiary/aromatic N) is 1. The van der Waals surface area contributed by atoms with Gasteiger partial charge in [-0.05, 0) is 23.8 Å². The first-order valence-electron chi connectivity index (χ1n) is 9.76. The van der Waals surface area contributed by atoms with Crippen LogP contribution in [0.1, 0.15) is 15.9 Å². The summed E-state index contributed by atoms with van der Waals surface area (Å²) in [6.07, 6.45) is 0. The number of benzene rings is 2. The van der Waals surface area contributed by atoms with Gasteiger partial charge in [-0.2, -0.15) is 4.31 Å². The molecule has 174 valence electrons. The zero-order valence-electron chi connectivity index (χ0n) is 18.0. The number of halogens is 1. The number of carbonyl (C=O) groups excluding carboxylic acids is 1. The van der Waals surface area contributed by atoms with Crippen molar-refractivity contribution in [2.45, 2.75) is 11.4 Å². The van der Waals surface area contributed by atoms with Gasteiger partial charge in [-0.3, -0.25) is 4.79 Å². The minimum Gasteiger partial charge on any atom is -0.494 e. The van der Waals surface area contributed by atoms with Crippen molar-refractivity contribution in [1.82, 2.24) is 9.62 Å². The molecule has 32 heavy (non-hydrogen) atoms. The molecule has 9 nitrogen and oxygen atoms in total. The smallest absolute Gasteiger partial charge is 0.255 e. The average molecular weight is 469 g/mol. The normalized spacial score (nSPS) is 14.6. The van der Waals surface area contributed by atoms with Gasteiger partial charge in [0.05, 0.1) is 45.0 Å². The van der Waals surface area contributed by atoms with E-state index >= 15 is 0 Å². The molecule has 1 amide bonds. The van der Waals surface area contributed by atoms with Gasteiger partial charge in [0.25, 0.3) is 5.91 Å². The monoisotopic (exact) mass is 468 g/mol. The number of hydrogen-bond donors (Lipinski definition) is 1. The van der Waals surface area contributed by atoms with Gasteiger partial charge in [-0.1, -0.05) is 6.07 Å². The minimum atomic E-state index is -3.88. The highest BCUT2D eigenvalue weighted by Crippen LogP contribution is 2.35. The summed E-state index contributed by atoms with van der Waals surface area (Å²) in [6, 6.07) is 6.88. The largest absolute Gasteiger partial charge is 0.494 e. The molecule has 1 saturated heterocycles. The van der Waals surface area contributed by atoms with Crippen molar-refractivity contribution >= 4 is 15.9 Å². The van der Waals surface area contributed by atoms with Crippen LogP contribution in [0.15, 0.2) is 35.2 Å². The molecule has 1 aliphatic heterocycles. The van der Waals surface area contributed by atoms with Crippen LogP contribution in [-0.4, -0.2) is 66.3 Å². The maximum absolute atomic E-state index is 13.9. The molecule has 1 heterocycles. The van der Waals surface area contributed by atoms with E-state index in [2.05, 4.69) is 5.32 Å². The second kappa shape index (κ2) is 10.2. The summed E-state index contributed by atoms with van der Waals surface area (Å²) in [5.74, 6) is -0.880. The molecule has 11 heteroatoms. The summed E-state index contributed by atoms with van der Waals surface area (Å²) in [5, 5.41) is 2.65. The number of nitrogens with one attached hydrogen (secondary N) is 1. The van der Waals surface area contributed by atoms with Crippen LogP contribution in [0, 0.1) is 5.82 Å². The molecule has 0 bridgehead atoms. The van der Waals surface area contributed by atoms with Gasteiger partial charge >= 0.3 is 0 Å². The number of hydrogen-bond acceptors (Lipinski definition) is 7. The number of amides is 1. The number of sulfonamides is 1. The Hall–Kier alpha value is -2.89. The summed E-state index contributed by atoms with van der Waals surface area (Å²) < 4.78 is 62.1. The predicted octanol–water partition coefficient (Wildman–Crippen LogP) is 1.80. The van der Waals surface area contributed by atoms with Gasteiger partial charge in [0.15, 0.2) is 23.1 Å². The molecule has 0 unspecified atom stereocenters. The molecule has 0 atom stereocenters. The Morgan fingerprint density at radius 1 is 1.06 bits per heavy atom. The number of rotatable bonds is 8. The van der Waals surface area contributed by atoms with E-state index in [0.717, 1.165) is 0 Å². The van der Waals surface area contributed by atoms with E-state index in [1.165, 1.54) is 49.9 Å². The maximum atomic E-state index is 13.9. The molecule has 1 aliphatic rings. The minimum absolute atomic E-state index is 0.00561. The summed E-state index contributed by atoms with van der Waals surface area (Å²) in [6.45, 7) is 1.00. The lowest BCUT2D eigenvalue weighted by molar-refractivity contribution is 0.0730. The Bertz CT molecular complexity index is 1090. The van der Waals surface area contributed by atoms with Crippen molar-refractivity contribution in [1.29, 1.82) is 0 Å². The lowest BCUT2D eigenvalue weighted by Crippen LogP contribution is -2.40. The highest BCUT2D eigenvalue weighted by atomic mass is 32.2. The third-order valence-corrected chi connectivity index (χ3v) is 6.85. The van der Waals surface area contributed by atoms with Gasteiger partial charge in [-0.15, -0.1) is 0 Å². The summed E-state index contributed by atoms with van der Waals surface area (Å²) in [7, 11) is 0.180. The van der Waals surface area contributed by atoms with Crippen molar-refractivity contribution in [2.24, 2.45) is 0 Å². The van der Waals surface area contributed by atoms with E-state index in [0.29, 0.717) is 5.56 Å². The van der Waals surface area contributed by atoms with E-state index in [4.69, 9.17) is 18.9 Å². The van der Waals surface area contributed by atoms with Crippen LogP contribution in [0.25, 0.3) is 0 Å². The Labute approximate surface area is 186 Å². The number of morpholine rings is 1.